The van der Waals surface area contributed by atoms with Gasteiger partial charge in [-0.25, -0.2) is 0 Å². The highest BCUT2D eigenvalue weighted by molar-refractivity contribution is 6.06. The van der Waals surface area contributed by atoms with E-state index in [1.165, 1.54) is 4.90 Å². The first-order chi connectivity index (χ1) is 14.7. The number of carbonyl (C=O) groups is 2. The van der Waals surface area contributed by atoms with Gasteiger partial charge in [0.15, 0.2) is 0 Å². The highest BCUT2D eigenvalue weighted by Gasteiger charge is 2.58. The first-order valence-corrected chi connectivity index (χ1v) is 10.2. The van der Waals surface area contributed by atoms with E-state index in [0.717, 1.165) is 5.56 Å². The Morgan fingerprint density at radius 3 is 2.27 bits per heavy atom. The third kappa shape index (κ3) is 5.23. The molecule has 0 spiro atoms. The molecule has 2 aliphatic heterocycles. The Morgan fingerprint density at radius 1 is 0.967 bits per heavy atom. The number of rotatable bonds is 12. The second-order valence-corrected chi connectivity index (χ2v) is 7.17. The van der Waals surface area contributed by atoms with Crippen LogP contribution in [0.1, 0.15) is 5.56 Å². The van der Waals surface area contributed by atoms with Gasteiger partial charge in [0.1, 0.15) is 0 Å². The largest absolute Gasteiger partial charge is 0.382 e. The summed E-state index contributed by atoms with van der Waals surface area (Å²) in [4.78, 5) is 27.2. The number of carbonyl (C=O) groups excluding carboxylic acids is 2. The van der Waals surface area contributed by atoms with Gasteiger partial charge in [0.2, 0.25) is 11.8 Å². The molecule has 2 aliphatic rings. The molecule has 2 unspecified atom stereocenters. The minimum atomic E-state index is -0.530. The molecule has 30 heavy (non-hydrogen) atoms. The molecule has 0 bridgehead atoms. The van der Waals surface area contributed by atoms with Gasteiger partial charge in [0, 0.05) is 7.11 Å². The summed E-state index contributed by atoms with van der Waals surface area (Å²) in [6.45, 7) is 6.15. The second kappa shape index (κ2) is 11.2. The summed E-state index contributed by atoms with van der Waals surface area (Å²) in [5.74, 6) is -1.49. The van der Waals surface area contributed by atoms with Crippen molar-refractivity contribution in [3.63, 3.8) is 0 Å². The standard InChI is InChI=1S/C23H29NO6/c1-3-18-20-21(19(30-18)10-9-17-7-5-4-6-8-17)23(26)24(22(20)25)11-12-28-15-16-29-14-13-27-2/h3-10,18-21H,1,11-16H2,2H3/b10-9-/t18?,19?,20-,21+/m1/s1. The number of hydrogen-bond donors (Lipinski definition) is 0. The summed E-state index contributed by atoms with van der Waals surface area (Å²) in [7, 11) is 1.61. The van der Waals surface area contributed by atoms with Crippen LogP contribution in [0.3, 0.4) is 0 Å². The van der Waals surface area contributed by atoms with E-state index in [9.17, 15) is 9.59 Å². The number of imide groups is 1. The van der Waals surface area contributed by atoms with Crippen molar-refractivity contribution in [2.24, 2.45) is 11.8 Å². The van der Waals surface area contributed by atoms with Crippen LogP contribution in [-0.4, -0.2) is 75.6 Å². The summed E-state index contributed by atoms with van der Waals surface area (Å²) in [5.41, 5.74) is 1.01. The van der Waals surface area contributed by atoms with Crippen molar-refractivity contribution in [2.75, 3.05) is 46.7 Å². The van der Waals surface area contributed by atoms with Crippen molar-refractivity contribution in [3.8, 4) is 0 Å². The topological polar surface area (TPSA) is 74.3 Å². The van der Waals surface area contributed by atoms with E-state index in [-0.39, 0.29) is 25.0 Å². The van der Waals surface area contributed by atoms with E-state index < -0.39 is 24.0 Å². The lowest BCUT2D eigenvalue weighted by atomic mass is 9.89. The highest BCUT2D eigenvalue weighted by atomic mass is 16.5. The third-order valence-corrected chi connectivity index (χ3v) is 5.28. The van der Waals surface area contributed by atoms with E-state index in [2.05, 4.69) is 6.58 Å². The summed E-state index contributed by atoms with van der Waals surface area (Å²) in [6, 6.07) is 9.77. The van der Waals surface area contributed by atoms with E-state index in [4.69, 9.17) is 18.9 Å². The van der Waals surface area contributed by atoms with Crippen LogP contribution in [0.15, 0.2) is 49.1 Å². The molecule has 3 rings (SSSR count). The predicted molar refractivity (Wildman–Crippen MR) is 112 cm³/mol. The van der Waals surface area contributed by atoms with E-state index >= 15 is 0 Å². The molecular weight excluding hydrogens is 386 g/mol. The number of amides is 2. The molecule has 7 heteroatoms. The van der Waals surface area contributed by atoms with Gasteiger partial charge in [0.05, 0.1) is 63.6 Å². The molecule has 162 valence electrons. The average molecular weight is 415 g/mol. The maximum atomic E-state index is 13.0. The molecule has 1 aromatic carbocycles. The van der Waals surface area contributed by atoms with Gasteiger partial charge in [-0.1, -0.05) is 48.6 Å². The number of ether oxygens (including phenoxy) is 4. The van der Waals surface area contributed by atoms with Crippen LogP contribution in [-0.2, 0) is 28.5 Å². The second-order valence-electron chi connectivity index (χ2n) is 7.17. The van der Waals surface area contributed by atoms with Gasteiger partial charge >= 0.3 is 0 Å². The maximum absolute atomic E-state index is 13.0. The number of likely N-dealkylation sites (tertiary alicyclic amines) is 1. The van der Waals surface area contributed by atoms with Crippen molar-refractivity contribution < 1.29 is 28.5 Å². The first-order valence-electron chi connectivity index (χ1n) is 10.2. The smallest absolute Gasteiger partial charge is 0.236 e. The van der Waals surface area contributed by atoms with Crippen LogP contribution in [0.5, 0.6) is 0 Å². The van der Waals surface area contributed by atoms with Gasteiger partial charge in [-0.3, -0.25) is 14.5 Å². The van der Waals surface area contributed by atoms with Gasteiger partial charge in [0.25, 0.3) is 0 Å². The Bertz CT molecular complexity index is 749. The summed E-state index contributed by atoms with van der Waals surface area (Å²) in [5, 5.41) is 0. The average Bonchev–Trinajstić information content (AvgIpc) is 3.26. The lowest BCUT2D eigenvalue weighted by Crippen LogP contribution is -2.37. The number of hydrogen-bond acceptors (Lipinski definition) is 6. The molecule has 0 radical (unpaired) electrons. The number of fused-ring (bicyclic) bond motifs is 1. The van der Waals surface area contributed by atoms with Crippen molar-refractivity contribution in [3.05, 3.63) is 54.6 Å². The van der Waals surface area contributed by atoms with Crippen molar-refractivity contribution in [1.29, 1.82) is 0 Å². The molecule has 0 N–H and O–H groups in total. The Kier molecular flexibility index (Phi) is 8.33. The Hall–Kier alpha value is -2.32. The van der Waals surface area contributed by atoms with Gasteiger partial charge < -0.3 is 18.9 Å². The van der Waals surface area contributed by atoms with E-state index in [1.54, 1.807) is 13.2 Å². The number of benzene rings is 1. The van der Waals surface area contributed by atoms with Gasteiger partial charge in [-0.05, 0) is 5.56 Å². The Morgan fingerprint density at radius 2 is 1.60 bits per heavy atom. The fraction of sp³-hybridized carbons (Fsp3) is 0.478. The van der Waals surface area contributed by atoms with Gasteiger partial charge in [-0.15, -0.1) is 6.58 Å². The molecule has 0 aromatic heterocycles. The zero-order valence-corrected chi connectivity index (χ0v) is 17.3. The minimum Gasteiger partial charge on any atom is -0.382 e. The molecule has 2 heterocycles. The first kappa shape index (κ1) is 22.4. The quantitative estimate of drug-likeness (QED) is 0.295. The summed E-state index contributed by atoms with van der Waals surface area (Å²) in [6.07, 6.45) is 4.45. The SMILES string of the molecule is C=CC1OC(/C=C\c2ccccc2)[C@@H]2C(=O)N(CCOCCOCCOC)C(=O)[C@H]12. The van der Waals surface area contributed by atoms with Crippen LogP contribution in [0.25, 0.3) is 6.08 Å². The van der Waals surface area contributed by atoms with Crippen LogP contribution in [0.2, 0.25) is 0 Å². The monoisotopic (exact) mass is 415 g/mol. The summed E-state index contributed by atoms with van der Waals surface area (Å²) < 4.78 is 21.7. The fourth-order valence-electron chi connectivity index (χ4n) is 3.79. The predicted octanol–water partition coefficient (Wildman–Crippen LogP) is 1.93. The van der Waals surface area contributed by atoms with Crippen molar-refractivity contribution >= 4 is 17.9 Å². The number of methoxy groups -OCH3 is 1. The van der Waals surface area contributed by atoms with E-state index in [1.807, 2.05) is 42.5 Å². The molecular formula is C23H29NO6. The van der Waals surface area contributed by atoms with Gasteiger partial charge in [-0.2, -0.15) is 0 Å². The van der Waals surface area contributed by atoms with Crippen LogP contribution < -0.4 is 0 Å². The molecule has 0 aliphatic carbocycles. The molecule has 2 saturated heterocycles. The molecule has 2 fully saturated rings. The maximum Gasteiger partial charge on any atom is 0.236 e. The molecule has 7 nitrogen and oxygen atoms in total. The zero-order valence-electron chi connectivity index (χ0n) is 17.3. The van der Waals surface area contributed by atoms with Crippen molar-refractivity contribution in [2.45, 2.75) is 12.2 Å². The zero-order chi connectivity index (χ0) is 21.3. The lowest BCUT2D eigenvalue weighted by molar-refractivity contribution is -0.143. The summed E-state index contributed by atoms with van der Waals surface area (Å²) >= 11 is 0. The van der Waals surface area contributed by atoms with E-state index in [0.29, 0.717) is 26.4 Å². The Labute approximate surface area is 177 Å². The molecule has 4 atom stereocenters. The third-order valence-electron chi connectivity index (χ3n) is 5.28. The molecule has 1 aromatic rings. The van der Waals surface area contributed by atoms with Crippen LogP contribution >= 0.6 is 0 Å². The lowest BCUT2D eigenvalue weighted by Gasteiger charge is -2.19. The minimum absolute atomic E-state index is 0.211. The Balaban J connectivity index is 1.55. The fourth-order valence-corrected chi connectivity index (χ4v) is 3.79. The number of nitrogens with zero attached hydrogens (tertiary/aromatic N) is 1. The normalized spacial score (nSPS) is 26.0. The highest BCUT2D eigenvalue weighted by Crippen LogP contribution is 2.41. The van der Waals surface area contributed by atoms with Crippen LogP contribution in [0, 0.1) is 11.8 Å². The molecule has 2 amide bonds. The van der Waals surface area contributed by atoms with Crippen molar-refractivity contribution in [1.82, 2.24) is 4.90 Å². The molecule has 0 saturated carbocycles. The van der Waals surface area contributed by atoms with Crippen LogP contribution in [0.4, 0.5) is 0 Å².